The standard InChI is InChI=1S/C24H26INO2/c1-16-5-8-19(9-6-16)15-28-24-21(25)12-20(13-23(24)27-4)14-26-22-10-7-17(2)11-18(22)3/h5-13,26H,14-15H2,1-4H3. The number of methoxy groups -OCH3 is 1. The minimum absolute atomic E-state index is 0.521. The zero-order chi connectivity index (χ0) is 20.1. The summed E-state index contributed by atoms with van der Waals surface area (Å²) in [5.41, 5.74) is 7.22. The number of benzene rings is 3. The van der Waals surface area contributed by atoms with Crippen molar-refractivity contribution >= 4 is 28.3 Å². The third-order valence-corrected chi connectivity index (χ3v) is 5.46. The van der Waals surface area contributed by atoms with Gasteiger partial charge in [-0.2, -0.15) is 0 Å². The van der Waals surface area contributed by atoms with Crippen LogP contribution in [0.2, 0.25) is 0 Å². The van der Waals surface area contributed by atoms with Gasteiger partial charge in [0.2, 0.25) is 0 Å². The number of anilines is 1. The largest absolute Gasteiger partial charge is 0.493 e. The first kappa shape index (κ1) is 20.5. The highest BCUT2D eigenvalue weighted by molar-refractivity contribution is 14.1. The number of nitrogens with one attached hydrogen (secondary N) is 1. The molecule has 0 heterocycles. The van der Waals surface area contributed by atoms with Crippen molar-refractivity contribution < 1.29 is 9.47 Å². The second-order valence-corrected chi connectivity index (χ2v) is 8.22. The number of ether oxygens (including phenoxy) is 2. The zero-order valence-electron chi connectivity index (χ0n) is 16.8. The Morgan fingerprint density at radius 3 is 2.25 bits per heavy atom. The van der Waals surface area contributed by atoms with Crippen LogP contribution in [0, 0.1) is 24.3 Å². The van der Waals surface area contributed by atoms with Crippen LogP contribution >= 0.6 is 22.6 Å². The smallest absolute Gasteiger partial charge is 0.174 e. The molecule has 1 N–H and O–H groups in total. The molecule has 0 atom stereocenters. The summed E-state index contributed by atoms with van der Waals surface area (Å²) in [5.74, 6) is 1.55. The molecule has 0 amide bonds. The van der Waals surface area contributed by atoms with Crippen molar-refractivity contribution in [3.05, 3.63) is 86.0 Å². The number of hydrogen-bond acceptors (Lipinski definition) is 3. The lowest BCUT2D eigenvalue weighted by Gasteiger charge is -2.16. The average molecular weight is 487 g/mol. The summed E-state index contributed by atoms with van der Waals surface area (Å²) < 4.78 is 12.7. The maximum Gasteiger partial charge on any atom is 0.174 e. The summed E-state index contributed by atoms with van der Waals surface area (Å²) in [6.07, 6.45) is 0. The van der Waals surface area contributed by atoms with Gasteiger partial charge >= 0.3 is 0 Å². The van der Waals surface area contributed by atoms with E-state index in [0.717, 1.165) is 38.4 Å². The number of halogens is 1. The topological polar surface area (TPSA) is 30.5 Å². The molecule has 0 bridgehead atoms. The average Bonchev–Trinajstić information content (AvgIpc) is 2.67. The Kier molecular flexibility index (Phi) is 6.83. The van der Waals surface area contributed by atoms with Gasteiger partial charge in [0, 0.05) is 12.2 Å². The lowest BCUT2D eigenvalue weighted by molar-refractivity contribution is 0.282. The first-order chi connectivity index (χ1) is 13.5. The Bertz CT molecular complexity index is 952. The van der Waals surface area contributed by atoms with Gasteiger partial charge in [-0.1, -0.05) is 47.5 Å². The molecule has 0 aliphatic carbocycles. The van der Waals surface area contributed by atoms with E-state index in [2.05, 4.69) is 97.2 Å². The molecule has 0 aromatic heterocycles. The van der Waals surface area contributed by atoms with E-state index in [9.17, 15) is 0 Å². The van der Waals surface area contributed by atoms with Crippen molar-refractivity contribution in [3.63, 3.8) is 0 Å². The van der Waals surface area contributed by atoms with Crippen molar-refractivity contribution in [2.45, 2.75) is 33.9 Å². The second kappa shape index (κ2) is 9.32. The van der Waals surface area contributed by atoms with E-state index in [4.69, 9.17) is 9.47 Å². The molecule has 0 aliphatic heterocycles. The van der Waals surface area contributed by atoms with Gasteiger partial charge in [0.15, 0.2) is 11.5 Å². The van der Waals surface area contributed by atoms with Crippen LogP contribution < -0.4 is 14.8 Å². The third-order valence-electron chi connectivity index (χ3n) is 4.66. The first-order valence-electron chi connectivity index (χ1n) is 9.32. The van der Waals surface area contributed by atoms with Crippen LogP contribution in [0.3, 0.4) is 0 Å². The molecule has 3 aromatic carbocycles. The lowest BCUT2D eigenvalue weighted by atomic mass is 10.1. The molecule has 146 valence electrons. The number of aryl methyl sites for hydroxylation is 3. The first-order valence-corrected chi connectivity index (χ1v) is 10.4. The molecule has 3 rings (SSSR count). The van der Waals surface area contributed by atoms with Gasteiger partial charge in [0.05, 0.1) is 10.7 Å². The van der Waals surface area contributed by atoms with Crippen LogP contribution in [0.1, 0.15) is 27.8 Å². The predicted octanol–water partition coefficient (Wildman–Crippen LogP) is 6.42. The lowest BCUT2D eigenvalue weighted by Crippen LogP contribution is -2.04. The molecule has 3 nitrogen and oxygen atoms in total. The number of hydrogen-bond donors (Lipinski definition) is 1. The van der Waals surface area contributed by atoms with Crippen LogP contribution in [0.25, 0.3) is 0 Å². The monoisotopic (exact) mass is 487 g/mol. The van der Waals surface area contributed by atoms with Crippen molar-refractivity contribution in [2.24, 2.45) is 0 Å². The summed E-state index contributed by atoms with van der Waals surface area (Å²) >= 11 is 2.32. The highest BCUT2D eigenvalue weighted by Gasteiger charge is 2.12. The predicted molar refractivity (Wildman–Crippen MR) is 124 cm³/mol. The molecular weight excluding hydrogens is 461 g/mol. The molecule has 28 heavy (non-hydrogen) atoms. The fraction of sp³-hybridized carbons (Fsp3) is 0.250. The Morgan fingerprint density at radius 2 is 1.57 bits per heavy atom. The van der Waals surface area contributed by atoms with E-state index in [1.165, 1.54) is 16.7 Å². The van der Waals surface area contributed by atoms with E-state index in [0.29, 0.717) is 6.61 Å². The maximum absolute atomic E-state index is 6.08. The van der Waals surface area contributed by atoms with Crippen LogP contribution in [0.4, 0.5) is 5.69 Å². The molecule has 3 aromatic rings. The molecule has 0 radical (unpaired) electrons. The molecule has 0 saturated carbocycles. The van der Waals surface area contributed by atoms with Gasteiger partial charge in [0.25, 0.3) is 0 Å². The molecular formula is C24H26INO2. The highest BCUT2D eigenvalue weighted by atomic mass is 127. The van der Waals surface area contributed by atoms with E-state index in [1.807, 2.05) is 6.07 Å². The van der Waals surface area contributed by atoms with Crippen molar-refractivity contribution in [3.8, 4) is 11.5 Å². The van der Waals surface area contributed by atoms with Crippen molar-refractivity contribution in [2.75, 3.05) is 12.4 Å². The van der Waals surface area contributed by atoms with E-state index >= 15 is 0 Å². The molecule has 0 spiro atoms. The minimum Gasteiger partial charge on any atom is -0.493 e. The SMILES string of the molecule is COc1cc(CNc2ccc(C)cc2C)cc(I)c1OCc1ccc(C)cc1. The molecule has 0 aliphatic rings. The zero-order valence-corrected chi connectivity index (χ0v) is 19.0. The minimum atomic E-state index is 0.521. The molecule has 0 saturated heterocycles. The fourth-order valence-corrected chi connectivity index (χ4v) is 3.89. The summed E-state index contributed by atoms with van der Waals surface area (Å²) in [5, 5.41) is 3.52. The third kappa shape index (κ3) is 5.19. The molecule has 0 unspecified atom stereocenters. The maximum atomic E-state index is 6.08. The van der Waals surface area contributed by atoms with Crippen LogP contribution in [-0.4, -0.2) is 7.11 Å². The highest BCUT2D eigenvalue weighted by Crippen LogP contribution is 2.35. The Balaban J connectivity index is 1.72. The van der Waals surface area contributed by atoms with Gasteiger partial charge in [-0.05, 0) is 78.3 Å². The quantitative estimate of drug-likeness (QED) is 0.391. The second-order valence-electron chi connectivity index (χ2n) is 7.06. The van der Waals surface area contributed by atoms with Gasteiger partial charge in [-0.25, -0.2) is 0 Å². The summed E-state index contributed by atoms with van der Waals surface area (Å²) in [4.78, 5) is 0. The normalized spacial score (nSPS) is 10.6. The summed E-state index contributed by atoms with van der Waals surface area (Å²) in [6.45, 7) is 7.57. The Hall–Kier alpha value is -2.21. The summed E-state index contributed by atoms with van der Waals surface area (Å²) in [7, 11) is 1.69. The van der Waals surface area contributed by atoms with Gasteiger partial charge in [-0.3, -0.25) is 0 Å². The van der Waals surface area contributed by atoms with E-state index in [-0.39, 0.29) is 0 Å². The fourth-order valence-electron chi connectivity index (χ4n) is 3.06. The number of rotatable bonds is 7. The van der Waals surface area contributed by atoms with Crippen LogP contribution in [0.15, 0.2) is 54.6 Å². The van der Waals surface area contributed by atoms with Crippen molar-refractivity contribution in [1.29, 1.82) is 0 Å². The summed E-state index contributed by atoms with van der Waals surface area (Å²) in [6, 6.07) is 19.0. The molecule has 4 heteroatoms. The van der Waals surface area contributed by atoms with E-state index < -0.39 is 0 Å². The van der Waals surface area contributed by atoms with Crippen LogP contribution in [0.5, 0.6) is 11.5 Å². The van der Waals surface area contributed by atoms with Crippen LogP contribution in [-0.2, 0) is 13.2 Å². The van der Waals surface area contributed by atoms with Gasteiger partial charge in [-0.15, -0.1) is 0 Å². The van der Waals surface area contributed by atoms with E-state index in [1.54, 1.807) is 7.11 Å². The van der Waals surface area contributed by atoms with Gasteiger partial charge in [0.1, 0.15) is 6.61 Å². The molecule has 0 fully saturated rings. The van der Waals surface area contributed by atoms with Gasteiger partial charge < -0.3 is 14.8 Å². The Labute approximate surface area is 181 Å². The van der Waals surface area contributed by atoms with Crippen molar-refractivity contribution in [1.82, 2.24) is 0 Å². The Morgan fingerprint density at radius 1 is 0.857 bits per heavy atom.